The third kappa shape index (κ3) is 3.57. The van der Waals surface area contributed by atoms with Gasteiger partial charge in [0.15, 0.2) is 0 Å². The molecule has 0 radical (unpaired) electrons. The molecule has 116 valence electrons. The second-order valence-electron chi connectivity index (χ2n) is 4.94. The fourth-order valence-corrected chi connectivity index (χ4v) is 2.91. The van der Waals surface area contributed by atoms with Gasteiger partial charge in [-0.2, -0.15) is 11.3 Å². The van der Waals surface area contributed by atoms with E-state index >= 15 is 0 Å². The molecule has 0 atom stereocenters. The maximum absolute atomic E-state index is 12.3. The van der Waals surface area contributed by atoms with E-state index in [4.69, 9.17) is 4.74 Å². The van der Waals surface area contributed by atoms with E-state index < -0.39 is 0 Å². The van der Waals surface area contributed by atoms with E-state index in [1.807, 2.05) is 35.7 Å². The molecule has 1 amide bonds. The van der Waals surface area contributed by atoms with E-state index in [9.17, 15) is 4.79 Å². The number of aromatic nitrogens is 1. The molecule has 2 aromatic heterocycles. The van der Waals surface area contributed by atoms with Gasteiger partial charge in [0.2, 0.25) is 0 Å². The number of hydrogen-bond acceptors (Lipinski definition) is 4. The van der Waals surface area contributed by atoms with E-state index in [0.717, 1.165) is 16.8 Å². The largest absolute Gasteiger partial charge is 0.496 e. The third-order valence-corrected chi connectivity index (χ3v) is 4.13. The average molecular weight is 324 g/mol. The van der Waals surface area contributed by atoms with E-state index in [1.54, 1.807) is 36.8 Å². The molecule has 0 unspecified atom stereocenters. The zero-order valence-corrected chi connectivity index (χ0v) is 13.5. The van der Waals surface area contributed by atoms with Gasteiger partial charge in [-0.25, -0.2) is 0 Å². The molecule has 2 heterocycles. The number of amides is 1. The summed E-state index contributed by atoms with van der Waals surface area (Å²) in [4.78, 5) is 16.7. The highest BCUT2D eigenvalue weighted by Gasteiger charge is 2.11. The predicted molar refractivity (Wildman–Crippen MR) is 91.7 cm³/mol. The molecule has 0 fully saturated rings. The number of rotatable bonds is 5. The van der Waals surface area contributed by atoms with Gasteiger partial charge >= 0.3 is 0 Å². The summed E-state index contributed by atoms with van der Waals surface area (Å²) in [5, 5.41) is 6.99. The van der Waals surface area contributed by atoms with Crippen LogP contribution in [0.4, 0.5) is 0 Å². The first-order chi connectivity index (χ1) is 11.3. The molecule has 0 spiro atoms. The van der Waals surface area contributed by atoms with Gasteiger partial charge in [0.25, 0.3) is 5.91 Å². The number of carbonyl (C=O) groups excluding carboxylic acids is 1. The molecular formula is C18H16N2O2S. The van der Waals surface area contributed by atoms with Crippen LogP contribution in [0, 0.1) is 0 Å². The molecule has 3 rings (SSSR count). The van der Waals surface area contributed by atoms with E-state index in [0.29, 0.717) is 17.9 Å². The molecule has 0 saturated heterocycles. The van der Waals surface area contributed by atoms with E-state index in [-0.39, 0.29) is 5.91 Å². The zero-order chi connectivity index (χ0) is 16.1. The Bertz CT molecular complexity index is 800. The van der Waals surface area contributed by atoms with Crippen LogP contribution in [0.5, 0.6) is 5.75 Å². The molecule has 1 aromatic carbocycles. The Kier molecular flexibility index (Phi) is 4.68. The van der Waals surface area contributed by atoms with Crippen molar-refractivity contribution < 1.29 is 9.53 Å². The van der Waals surface area contributed by atoms with Crippen LogP contribution in [0.2, 0.25) is 0 Å². The highest BCUT2D eigenvalue weighted by Crippen LogP contribution is 2.21. The topological polar surface area (TPSA) is 51.2 Å². The Morgan fingerprint density at radius 3 is 2.91 bits per heavy atom. The first-order valence-corrected chi connectivity index (χ1v) is 8.11. The Morgan fingerprint density at radius 1 is 1.26 bits per heavy atom. The lowest BCUT2D eigenvalue weighted by molar-refractivity contribution is 0.0948. The number of hydrogen-bond donors (Lipinski definition) is 1. The van der Waals surface area contributed by atoms with Crippen molar-refractivity contribution in [3.63, 3.8) is 0 Å². The Morgan fingerprint density at radius 2 is 2.13 bits per heavy atom. The maximum atomic E-state index is 12.3. The van der Waals surface area contributed by atoms with Crippen LogP contribution in [0.1, 0.15) is 15.9 Å². The molecule has 0 saturated carbocycles. The molecule has 23 heavy (non-hydrogen) atoms. The van der Waals surface area contributed by atoms with Crippen molar-refractivity contribution in [3.8, 4) is 17.0 Å². The van der Waals surface area contributed by atoms with Gasteiger partial charge in [-0.15, -0.1) is 0 Å². The molecule has 3 aromatic rings. The molecule has 1 N–H and O–H groups in total. The van der Waals surface area contributed by atoms with Crippen molar-refractivity contribution in [2.75, 3.05) is 7.11 Å². The van der Waals surface area contributed by atoms with E-state index in [2.05, 4.69) is 15.7 Å². The van der Waals surface area contributed by atoms with Crippen molar-refractivity contribution in [2.24, 2.45) is 0 Å². The van der Waals surface area contributed by atoms with Crippen molar-refractivity contribution in [1.82, 2.24) is 10.3 Å². The Labute approximate surface area is 138 Å². The van der Waals surface area contributed by atoms with Crippen LogP contribution in [0.15, 0.2) is 59.4 Å². The number of nitrogens with zero attached hydrogens (tertiary/aromatic N) is 1. The van der Waals surface area contributed by atoms with Gasteiger partial charge in [0, 0.05) is 23.7 Å². The lowest BCUT2D eigenvalue weighted by atomic mass is 10.1. The van der Waals surface area contributed by atoms with Gasteiger partial charge in [-0.05, 0) is 41.3 Å². The summed E-state index contributed by atoms with van der Waals surface area (Å²) >= 11 is 1.64. The lowest BCUT2D eigenvalue weighted by Crippen LogP contribution is -2.23. The molecule has 4 nitrogen and oxygen atoms in total. The molecule has 0 aliphatic rings. The standard InChI is InChI=1S/C18H16N2O2S/c1-22-17-5-3-2-4-15(17)18(21)20-11-13-6-8-19-16(10-13)14-7-9-23-12-14/h2-10,12H,11H2,1H3,(H,20,21). The van der Waals surface area contributed by atoms with Gasteiger partial charge in [0.1, 0.15) is 5.75 Å². The number of benzene rings is 1. The second kappa shape index (κ2) is 7.07. The van der Waals surface area contributed by atoms with Gasteiger partial charge in [0.05, 0.1) is 18.4 Å². The number of pyridine rings is 1. The Balaban J connectivity index is 1.71. The molecular weight excluding hydrogens is 308 g/mol. The highest BCUT2D eigenvalue weighted by molar-refractivity contribution is 7.08. The van der Waals surface area contributed by atoms with Gasteiger partial charge in [-0.1, -0.05) is 12.1 Å². The maximum Gasteiger partial charge on any atom is 0.255 e. The lowest BCUT2D eigenvalue weighted by Gasteiger charge is -2.09. The van der Waals surface area contributed by atoms with Gasteiger partial charge < -0.3 is 10.1 Å². The van der Waals surface area contributed by atoms with Crippen molar-refractivity contribution in [2.45, 2.75) is 6.54 Å². The molecule has 0 aliphatic carbocycles. The number of carbonyl (C=O) groups is 1. The normalized spacial score (nSPS) is 10.3. The monoisotopic (exact) mass is 324 g/mol. The van der Waals surface area contributed by atoms with Gasteiger partial charge in [-0.3, -0.25) is 9.78 Å². The predicted octanol–water partition coefficient (Wildman–Crippen LogP) is 3.75. The third-order valence-electron chi connectivity index (χ3n) is 3.45. The highest BCUT2D eigenvalue weighted by atomic mass is 32.1. The number of methoxy groups -OCH3 is 1. The number of para-hydroxylation sites is 1. The van der Waals surface area contributed by atoms with Crippen LogP contribution < -0.4 is 10.1 Å². The fourth-order valence-electron chi connectivity index (χ4n) is 2.26. The minimum Gasteiger partial charge on any atom is -0.496 e. The van der Waals surface area contributed by atoms with E-state index in [1.165, 1.54) is 0 Å². The smallest absolute Gasteiger partial charge is 0.255 e. The molecule has 5 heteroatoms. The second-order valence-corrected chi connectivity index (χ2v) is 5.72. The minimum atomic E-state index is -0.156. The number of nitrogens with one attached hydrogen (secondary N) is 1. The SMILES string of the molecule is COc1ccccc1C(=O)NCc1ccnc(-c2ccsc2)c1. The summed E-state index contributed by atoms with van der Waals surface area (Å²) in [6, 6.07) is 13.1. The number of thiophene rings is 1. The zero-order valence-electron chi connectivity index (χ0n) is 12.7. The minimum absolute atomic E-state index is 0.156. The quantitative estimate of drug-likeness (QED) is 0.777. The Hall–Kier alpha value is -2.66. The summed E-state index contributed by atoms with van der Waals surface area (Å²) in [6.07, 6.45) is 1.76. The summed E-state index contributed by atoms with van der Waals surface area (Å²) in [6.45, 7) is 0.441. The fraction of sp³-hybridized carbons (Fsp3) is 0.111. The first kappa shape index (κ1) is 15.2. The molecule has 0 aliphatic heterocycles. The van der Waals surface area contributed by atoms with Crippen LogP contribution in [0.25, 0.3) is 11.3 Å². The van der Waals surface area contributed by atoms with Crippen LogP contribution >= 0.6 is 11.3 Å². The number of ether oxygens (including phenoxy) is 1. The summed E-state index contributed by atoms with van der Waals surface area (Å²) in [5.41, 5.74) is 3.54. The summed E-state index contributed by atoms with van der Waals surface area (Å²) in [7, 11) is 1.56. The van der Waals surface area contributed by atoms with Crippen molar-refractivity contribution in [1.29, 1.82) is 0 Å². The summed E-state index contributed by atoms with van der Waals surface area (Å²) < 4.78 is 5.22. The molecule has 0 bridgehead atoms. The summed E-state index contributed by atoms with van der Waals surface area (Å²) in [5.74, 6) is 0.412. The van der Waals surface area contributed by atoms with Crippen LogP contribution in [0.3, 0.4) is 0 Å². The van der Waals surface area contributed by atoms with Crippen LogP contribution in [-0.4, -0.2) is 18.0 Å². The first-order valence-electron chi connectivity index (χ1n) is 7.16. The van der Waals surface area contributed by atoms with Crippen molar-refractivity contribution in [3.05, 3.63) is 70.5 Å². The average Bonchev–Trinajstić information content (AvgIpc) is 3.14. The van der Waals surface area contributed by atoms with Crippen LogP contribution in [-0.2, 0) is 6.54 Å². The van der Waals surface area contributed by atoms with Crippen molar-refractivity contribution >= 4 is 17.2 Å².